The lowest BCUT2D eigenvalue weighted by Crippen LogP contribution is -2.36. The Labute approximate surface area is 184 Å². The van der Waals surface area contributed by atoms with E-state index in [1.807, 2.05) is 0 Å². The van der Waals surface area contributed by atoms with Gasteiger partial charge in [-0.1, -0.05) is 89.2 Å². The van der Waals surface area contributed by atoms with Crippen molar-refractivity contribution in [2.45, 2.75) is 116 Å². The molecule has 0 saturated carbocycles. The molecule has 0 aliphatic rings. The zero-order chi connectivity index (χ0) is 22.5. The van der Waals surface area contributed by atoms with Gasteiger partial charge in [0.1, 0.15) is 18.8 Å². The lowest BCUT2D eigenvalue weighted by Gasteiger charge is -2.19. The van der Waals surface area contributed by atoms with Crippen molar-refractivity contribution >= 4 is 0 Å². The van der Waals surface area contributed by atoms with Crippen LogP contribution in [-0.4, -0.2) is 45.3 Å². The van der Waals surface area contributed by atoms with Crippen LogP contribution in [0.25, 0.3) is 0 Å². The van der Waals surface area contributed by atoms with E-state index >= 15 is 0 Å². The molecule has 0 aromatic carbocycles. The highest BCUT2D eigenvalue weighted by molar-refractivity contribution is 5.27. The van der Waals surface area contributed by atoms with Gasteiger partial charge in [0, 0.05) is 0 Å². The summed E-state index contributed by atoms with van der Waals surface area (Å²) in [4.78, 5) is 0. The maximum absolute atomic E-state index is 9.94. The topological polar surface area (TPSA) is 80.9 Å². The van der Waals surface area contributed by atoms with E-state index in [2.05, 4.69) is 49.7 Å². The summed E-state index contributed by atoms with van der Waals surface area (Å²) < 4.78 is 0. The van der Waals surface area contributed by atoms with Crippen LogP contribution in [-0.2, 0) is 0 Å². The second kappa shape index (κ2) is 21.0. The van der Waals surface area contributed by atoms with Crippen LogP contribution in [0.3, 0.4) is 0 Å². The van der Waals surface area contributed by atoms with Crippen molar-refractivity contribution in [2.75, 3.05) is 6.61 Å². The van der Waals surface area contributed by atoms with E-state index in [4.69, 9.17) is 5.11 Å². The van der Waals surface area contributed by atoms with Crippen LogP contribution in [0.2, 0.25) is 0 Å². The van der Waals surface area contributed by atoms with Gasteiger partial charge in [-0.25, -0.2) is 0 Å². The molecule has 0 bridgehead atoms. The van der Waals surface area contributed by atoms with Gasteiger partial charge in [-0.2, -0.15) is 0 Å². The highest BCUT2D eigenvalue weighted by Crippen LogP contribution is 2.13. The molecule has 172 valence electrons. The molecule has 0 radical (unpaired) electrons. The molecule has 4 nitrogen and oxygen atoms in total. The molecule has 30 heavy (non-hydrogen) atoms. The highest BCUT2D eigenvalue weighted by atomic mass is 16.4. The van der Waals surface area contributed by atoms with Gasteiger partial charge < -0.3 is 20.4 Å². The molecule has 0 spiro atoms. The Kier molecular flexibility index (Phi) is 20.0. The number of allylic oxidation sites excluding steroid dienone is 2. The van der Waals surface area contributed by atoms with E-state index in [0.717, 1.165) is 31.6 Å². The molecule has 3 atom stereocenters. The fourth-order valence-corrected chi connectivity index (χ4v) is 3.21. The summed E-state index contributed by atoms with van der Waals surface area (Å²) in [6.07, 6.45) is 15.8. The van der Waals surface area contributed by atoms with Crippen LogP contribution in [0, 0.1) is 29.6 Å². The molecular weight excluding hydrogens is 376 g/mol. The van der Waals surface area contributed by atoms with Crippen molar-refractivity contribution in [1.29, 1.82) is 0 Å². The minimum atomic E-state index is -1.33. The predicted octanol–water partition coefficient (Wildman–Crippen LogP) is 4.35. The Morgan fingerprint density at radius 3 is 1.80 bits per heavy atom. The van der Waals surface area contributed by atoms with Crippen molar-refractivity contribution in [3.63, 3.8) is 0 Å². The summed E-state index contributed by atoms with van der Waals surface area (Å²) in [5, 5.41) is 38.0. The summed E-state index contributed by atoms with van der Waals surface area (Å²) in [5.74, 6) is 10.2. The van der Waals surface area contributed by atoms with Gasteiger partial charge in [-0.15, -0.1) is 0 Å². The van der Waals surface area contributed by atoms with Crippen LogP contribution in [0.1, 0.15) is 97.3 Å². The molecule has 4 N–H and O–H groups in total. The second-order valence-electron chi connectivity index (χ2n) is 8.43. The molecule has 0 aromatic heterocycles. The predicted molar refractivity (Wildman–Crippen MR) is 125 cm³/mol. The maximum atomic E-state index is 9.94. The lowest BCUT2D eigenvalue weighted by molar-refractivity contribution is -0.0415. The van der Waals surface area contributed by atoms with E-state index in [1.165, 1.54) is 51.4 Å². The van der Waals surface area contributed by atoms with Gasteiger partial charge >= 0.3 is 0 Å². The molecule has 0 rings (SSSR count). The summed E-state index contributed by atoms with van der Waals surface area (Å²) in [6, 6.07) is 0. The number of unbranched alkanes of at least 4 members (excludes halogenated alkanes) is 9. The normalized spacial score (nSPS) is 14.1. The van der Waals surface area contributed by atoms with Gasteiger partial charge in [0.2, 0.25) is 0 Å². The third-order valence-corrected chi connectivity index (χ3v) is 5.11. The zero-order valence-electron chi connectivity index (χ0n) is 19.2. The van der Waals surface area contributed by atoms with Crippen LogP contribution >= 0.6 is 0 Å². The first-order chi connectivity index (χ1) is 14.5. The van der Waals surface area contributed by atoms with Crippen molar-refractivity contribution in [3.05, 3.63) is 12.2 Å². The lowest BCUT2D eigenvalue weighted by atomic mass is 10.0. The average molecular weight is 421 g/mol. The molecule has 0 aliphatic heterocycles. The fraction of sp³-hybridized carbons (Fsp3) is 0.769. The van der Waals surface area contributed by atoms with Crippen molar-refractivity contribution < 1.29 is 20.4 Å². The number of hydrogen-bond donors (Lipinski definition) is 4. The fourth-order valence-electron chi connectivity index (χ4n) is 3.21. The van der Waals surface area contributed by atoms with Gasteiger partial charge in [0.25, 0.3) is 0 Å². The van der Waals surface area contributed by atoms with E-state index in [0.29, 0.717) is 6.42 Å². The third kappa shape index (κ3) is 18.7. The highest BCUT2D eigenvalue weighted by Gasteiger charge is 2.22. The van der Waals surface area contributed by atoms with Gasteiger partial charge in [-0.05, 0) is 49.9 Å². The van der Waals surface area contributed by atoms with Crippen LogP contribution in [0.4, 0.5) is 0 Å². The largest absolute Gasteiger partial charge is 0.390 e. The SMILES string of the molecule is CC(C)CCCCCC/C=C\CCCCCCC[C@H](O)[C@@H](O)[C@H](O)C#CC#CCO. The van der Waals surface area contributed by atoms with Crippen molar-refractivity contribution in [3.8, 4) is 23.7 Å². The zero-order valence-corrected chi connectivity index (χ0v) is 19.2. The van der Waals surface area contributed by atoms with Crippen LogP contribution < -0.4 is 0 Å². The van der Waals surface area contributed by atoms with E-state index in [9.17, 15) is 15.3 Å². The summed E-state index contributed by atoms with van der Waals surface area (Å²) in [6.45, 7) is 4.28. The Morgan fingerprint density at radius 1 is 0.700 bits per heavy atom. The molecule has 0 amide bonds. The molecule has 4 heteroatoms. The summed E-state index contributed by atoms with van der Waals surface area (Å²) >= 11 is 0. The van der Waals surface area contributed by atoms with Crippen LogP contribution in [0.5, 0.6) is 0 Å². The maximum Gasteiger partial charge on any atom is 0.144 e. The minimum absolute atomic E-state index is 0.301. The Bertz CT molecular complexity index is 533. The third-order valence-electron chi connectivity index (χ3n) is 5.11. The number of aliphatic hydroxyl groups is 4. The van der Waals surface area contributed by atoms with E-state index in [-0.39, 0.29) is 6.61 Å². The summed E-state index contributed by atoms with van der Waals surface area (Å²) in [5.41, 5.74) is 0. The molecule has 0 saturated heterocycles. The summed E-state index contributed by atoms with van der Waals surface area (Å²) in [7, 11) is 0. The van der Waals surface area contributed by atoms with Gasteiger partial charge in [-0.3, -0.25) is 0 Å². The Morgan fingerprint density at radius 2 is 1.23 bits per heavy atom. The quantitative estimate of drug-likeness (QED) is 0.160. The molecule has 0 aromatic rings. The molecule has 0 heterocycles. The molecule has 0 unspecified atom stereocenters. The first-order valence-electron chi connectivity index (χ1n) is 11.8. The van der Waals surface area contributed by atoms with E-state index < -0.39 is 18.3 Å². The average Bonchev–Trinajstić information content (AvgIpc) is 2.72. The van der Waals surface area contributed by atoms with E-state index in [1.54, 1.807) is 0 Å². The Hall–Kier alpha value is -1.30. The minimum Gasteiger partial charge on any atom is -0.390 e. The first-order valence-corrected chi connectivity index (χ1v) is 11.8. The van der Waals surface area contributed by atoms with Gasteiger partial charge in [0.05, 0.1) is 6.10 Å². The van der Waals surface area contributed by atoms with Crippen molar-refractivity contribution in [1.82, 2.24) is 0 Å². The van der Waals surface area contributed by atoms with Crippen LogP contribution in [0.15, 0.2) is 12.2 Å². The molecular formula is C26H44O4. The smallest absolute Gasteiger partial charge is 0.144 e. The standard InChI is InChI=1S/C26H44O4/c1-23(2)19-15-12-10-8-6-4-3-5-7-9-11-13-16-20-24(28)26(30)25(29)21-17-14-18-22-27/h3-4,23-30H,5-13,15-16,19-20,22H2,1-2H3/b4-3-/t24-,25+,26+/m0/s1. The monoisotopic (exact) mass is 420 g/mol. The van der Waals surface area contributed by atoms with Gasteiger partial charge in [0.15, 0.2) is 0 Å². The Balaban J connectivity index is 3.56. The van der Waals surface area contributed by atoms with Crippen molar-refractivity contribution in [2.24, 2.45) is 5.92 Å². The molecule has 0 aliphatic carbocycles. The first kappa shape index (κ1) is 28.7. The second-order valence-corrected chi connectivity index (χ2v) is 8.43. The number of hydrogen-bond acceptors (Lipinski definition) is 4. The number of aliphatic hydroxyl groups excluding tert-OH is 4. The molecule has 0 fully saturated rings. The number of rotatable bonds is 17.